The molecule has 0 spiro atoms. The summed E-state index contributed by atoms with van der Waals surface area (Å²) < 4.78 is 0. The van der Waals surface area contributed by atoms with Crippen LogP contribution in [0.2, 0.25) is 0 Å². The second kappa shape index (κ2) is 154. The first-order chi connectivity index (χ1) is 71.2. The molecule has 0 aromatic carbocycles. The Hall–Kier alpha value is -1.88. The lowest BCUT2D eigenvalue weighted by molar-refractivity contribution is 0.268. The molecule has 7 saturated heterocycles. The molecule has 0 atom stereocenters. The van der Waals surface area contributed by atoms with Gasteiger partial charge in [-0.25, -0.2) is 0 Å². The van der Waals surface area contributed by atoms with Crippen molar-refractivity contribution in [2.24, 2.45) is 91.7 Å². The Morgan fingerprint density at radius 3 is 0.326 bits per heavy atom. The van der Waals surface area contributed by atoms with E-state index in [1.807, 2.05) is 0 Å². The zero-order valence-electron chi connectivity index (χ0n) is 93.1. The van der Waals surface area contributed by atoms with Crippen LogP contribution in [0.1, 0.15) is 96.3 Å². The highest BCUT2D eigenvalue weighted by atomic mass is 15.2. The molecule has 144 heavy (non-hydrogen) atoms. The smallest absolute Gasteiger partial charge is 0.0106 e. The summed E-state index contributed by atoms with van der Waals surface area (Å²) in [6, 6.07) is 0. The van der Waals surface area contributed by atoms with Crippen molar-refractivity contribution < 1.29 is 0 Å². The monoisotopic (exact) mass is 2080 g/mol. The first kappa shape index (κ1) is 153. The third-order valence-electron chi connectivity index (χ3n) is 22.0. The second-order valence-electron chi connectivity index (χ2n) is 35.5. The second-order valence-corrected chi connectivity index (χ2v) is 35.5. The lowest BCUT2D eigenvalue weighted by Crippen LogP contribution is -2.39. The highest BCUT2D eigenvalue weighted by molar-refractivity contribution is 4.70. The lowest BCUT2D eigenvalue weighted by atomic mass is 10.3. The summed E-state index contributed by atoms with van der Waals surface area (Å²) in [4.78, 5) is 9.12. The van der Waals surface area contributed by atoms with Gasteiger partial charge in [-0.1, -0.05) is 0 Å². The lowest BCUT2D eigenvalue weighted by Gasteiger charge is -2.21. The third-order valence-corrected chi connectivity index (χ3v) is 22.0. The van der Waals surface area contributed by atoms with Crippen molar-refractivity contribution in [1.82, 2.24) is 163 Å². The van der Waals surface area contributed by atoms with E-state index in [1.54, 1.807) is 0 Å². The molecule has 7 rings (SSSR count). The van der Waals surface area contributed by atoms with Crippen LogP contribution >= 0.6 is 0 Å². The van der Waals surface area contributed by atoms with Crippen LogP contribution < -0.4 is 235 Å². The molecule has 7 fully saturated rings. The van der Waals surface area contributed by atoms with Crippen molar-refractivity contribution >= 4 is 0 Å². The molecule has 7 aliphatic rings. The highest BCUT2D eigenvalue weighted by Gasteiger charge is 2.07. The highest BCUT2D eigenvalue weighted by Crippen LogP contribution is 1.96. The molecule has 0 amide bonds. The Balaban J connectivity index is -0.000000359. The number of nitrogens with zero attached hydrogens (tertiary/aromatic N) is 4. The van der Waals surface area contributed by atoms with E-state index in [1.165, 1.54) is 57.8 Å². The first-order valence-corrected chi connectivity index (χ1v) is 57.4. The van der Waals surface area contributed by atoms with Gasteiger partial charge >= 0.3 is 0 Å². The van der Waals surface area contributed by atoms with Crippen LogP contribution in [0.3, 0.4) is 0 Å². The molecule has 47 nitrogen and oxygen atoms in total. The van der Waals surface area contributed by atoms with Gasteiger partial charge in [0.15, 0.2) is 0 Å². The van der Waals surface area contributed by atoms with E-state index < -0.39 is 0 Å². The summed E-state index contributed by atoms with van der Waals surface area (Å²) in [5, 5.41) is 90.4. The van der Waals surface area contributed by atoms with Crippen LogP contribution in [0.4, 0.5) is 0 Å². The fraction of sp³-hybridized carbons (Fsp3) is 1.00. The Morgan fingerprint density at radius 1 is 0.111 bits per heavy atom. The molecule has 0 aliphatic carbocycles. The summed E-state index contributed by atoms with van der Waals surface area (Å²) in [7, 11) is 0. The van der Waals surface area contributed by atoms with Crippen LogP contribution in [0.25, 0.3) is 0 Å². The van der Waals surface area contributed by atoms with E-state index in [-0.39, 0.29) is 0 Å². The normalized spacial score (nSPS) is 18.2. The summed E-state index contributed by atoms with van der Waals surface area (Å²) in [5.74, 6) is 0. The van der Waals surface area contributed by atoms with Gasteiger partial charge in [0.05, 0.1) is 0 Å². The molecule has 0 unspecified atom stereocenters. The minimum atomic E-state index is 0.681. The quantitative estimate of drug-likeness (QED) is 0.0253. The molecule has 876 valence electrons. The van der Waals surface area contributed by atoms with Crippen molar-refractivity contribution in [2.45, 2.75) is 96.3 Å². The molecular formula is C97H253N47. The van der Waals surface area contributed by atoms with Crippen LogP contribution in [-0.4, -0.2) is 556 Å². The van der Waals surface area contributed by atoms with Gasteiger partial charge in [0.2, 0.25) is 0 Å². The predicted molar refractivity (Wildman–Crippen MR) is 627 cm³/mol. The maximum Gasteiger partial charge on any atom is 0.0106 e. The standard InChI is InChI=1S/C10H24N4.C9H22N4.C9H24N4.C9H21N3.C8H20N4.C8H22N4.C8H19N3.C7H20N4.C7H17N3.2C6H18N4.C6H15N3.C4H13N3/c1-3-11-4-2-6-13-8-10-14-9-7-12-5-1;1-2-10-4-6-12-8-9-13-7-5-11-3-1;10-4-1-7-13(8-2-5-11)9-3-6-12;1-4-10-6-2-8-12-9-3-7-11-5-1;1-2-10-5-6-12-8-7-11-4-3-9-1;9-3-1-6-12(8-5-11)7-2-4-10;1-3-9-4-2-6-11-8-7-10-5-1;8-2-1-5-11(6-3-9)7-4-10;1-2-8-4-6-10-7-5-9-3-1;7-1-4-10(5-2-8)6-3-9;7-1-3-9-5-6-10-4-2-8;1-2-8-5-6-9-4-3-7-1;5-1-3-7-4-2-6/h11-14H,1-10H2;10-13H,1-9H2;1-12H2;10-12H,1-9H2;9-12H,1-8H2;1-11H2;9-11H,1-8H2;1-10H2;8-10H,1-7H2;1-9H2;9-10H,1-8H2;7-9H,1-6H2;7H,1-6H2. The van der Waals surface area contributed by atoms with Crippen molar-refractivity contribution in [1.29, 1.82) is 0 Å². The molecule has 59 N–H and O–H groups in total. The fourth-order valence-electron chi connectivity index (χ4n) is 14.0. The Kier molecular flexibility index (Phi) is 163. The number of rotatable bonds is 41. The third kappa shape index (κ3) is 155. The van der Waals surface area contributed by atoms with Gasteiger partial charge in [-0.3, -0.25) is 4.90 Å². The zero-order chi connectivity index (χ0) is 106. The summed E-state index contributed by atoms with van der Waals surface area (Å²) in [6.07, 6.45) is 17.5. The van der Waals surface area contributed by atoms with Gasteiger partial charge in [-0.15, -0.1) is 0 Å². The maximum atomic E-state index is 5.47. The van der Waals surface area contributed by atoms with Gasteiger partial charge in [0.1, 0.15) is 0 Å². The summed E-state index contributed by atoms with van der Waals surface area (Å²) in [6.45, 7) is 82.1. The maximum absolute atomic E-state index is 5.47. The molecular weight excluding hydrogens is 1820 g/mol. The van der Waals surface area contributed by atoms with Gasteiger partial charge in [0, 0.05) is 340 Å². The van der Waals surface area contributed by atoms with Gasteiger partial charge in [-0.05, 0) is 293 Å². The molecule has 0 bridgehead atoms. The van der Waals surface area contributed by atoms with Crippen molar-refractivity contribution in [2.75, 3.05) is 537 Å². The Labute approximate surface area is 883 Å². The van der Waals surface area contributed by atoms with Crippen molar-refractivity contribution in [3.8, 4) is 0 Å². The van der Waals surface area contributed by atoms with Crippen LogP contribution in [0, 0.1) is 0 Å². The molecule has 7 heterocycles. The molecule has 7 aliphatic heterocycles. The van der Waals surface area contributed by atoms with Crippen LogP contribution in [-0.2, 0) is 0 Å². The minimum absolute atomic E-state index is 0.681. The molecule has 0 aromatic rings. The number of hydrogen-bond acceptors (Lipinski definition) is 47. The summed E-state index contributed by atoms with van der Waals surface area (Å²) >= 11 is 0. The van der Waals surface area contributed by atoms with E-state index >= 15 is 0 Å². The van der Waals surface area contributed by atoms with Crippen molar-refractivity contribution in [3.63, 3.8) is 0 Å². The Bertz CT molecular complexity index is 1690. The van der Waals surface area contributed by atoms with E-state index in [0.29, 0.717) is 58.9 Å². The SMILES string of the molecule is C1CNCCCNCCCNC1.C1CNCCCNCCNC1.C1CNCCCNCCNCCNC1.C1CNCCNCCN1.C1CNCCNCCNC1.C1CNCCNCCNCCN1.C1CNCCNCCNCCNC1.NCCCN(CCCN)CCCN.NCCCN(CCN)CCCN.NCCCN(CCN)CCN.NCCN(CCN)CCN.NCCNCCN.NCCNCCNCCN. The largest absolute Gasteiger partial charge is 0.330 e. The number of nitrogens with two attached hydrogens (primary N) is 16. The number of hydrogen-bond donors (Lipinski definition) is 43. The van der Waals surface area contributed by atoms with Gasteiger partial charge < -0.3 is 250 Å². The van der Waals surface area contributed by atoms with Crippen molar-refractivity contribution in [3.05, 3.63) is 0 Å². The minimum Gasteiger partial charge on any atom is -0.330 e. The van der Waals surface area contributed by atoms with Gasteiger partial charge in [-0.2, -0.15) is 0 Å². The van der Waals surface area contributed by atoms with E-state index in [2.05, 4.69) is 163 Å². The fourth-order valence-corrected chi connectivity index (χ4v) is 14.0. The molecule has 0 saturated carbocycles. The number of nitrogens with one attached hydrogen (secondary N) is 27. The van der Waals surface area contributed by atoms with E-state index in [9.17, 15) is 0 Å². The molecule has 47 heteroatoms. The predicted octanol–water partition coefficient (Wildman–Crippen LogP) is -14.8. The Morgan fingerprint density at radius 2 is 0.208 bits per heavy atom. The average Bonchev–Trinajstić information content (AvgIpc) is 1.13. The summed E-state index contributed by atoms with van der Waals surface area (Å²) in [5.41, 5.74) is 85.9. The van der Waals surface area contributed by atoms with Crippen LogP contribution in [0.15, 0.2) is 0 Å². The average molecular weight is 2080 g/mol. The van der Waals surface area contributed by atoms with E-state index in [0.717, 1.165) is 516 Å². The van der Waals surface area contributed by atoms with Crippen LogP contribution in [0.5, 0.6) is 0 Å². The topological polar surface area (TPSA) is 754 Å². The first-order valence-electron chi connectivity index (χ1n) is 57.4. The van der Waals surface area contributed by atoms with E-state index in [4.69, 9.17) is 91.7 Å². The molecule has 0 aromatic heterocycles. The molecule has 0 radical (unpaired) electrons. The zero-order valence-corrected chi connectivity index (χ0v) is 93.1. The van der Waals surface area contributed by atoms with Gasteiger partial charge in [0.25, 0.3) is 0 Å².